The van der Waals surface area contributed by atoms with E-state index in [2.05, 4.69) is 12.2 Å². The topological polar surface area (TPSA) is 38.0 Å². The highest BCUT2D eigenvalue weighted by Gasteiger charge is 2.13. The van der Waals surface area contributed by atoms with Crippen LogP contribution >= 0.6 is 0 Å². The molecule has 0 bridgehead atoms. The maximum atomic E-state index is 13.1. The molecule has 0 heterocycles. The second-order valence-electron chi connectivity index (χ2n) is 3.94. The fourth-order valence-corrected chi connectivity index (χ4v) is 1.49. The third-order valence-corrected chi connectivity index (χ3v) is 2.68. The van der Waals surface area contributed by atoms with Gasteiger partial charge < -0.3 is 11.1 Å². The number of rotatable bonds is 5. The van der Waals surface area contributed by atoms with Crippen LogP contribution in [0.15, 0.2) is 18.2 Å². The standard InChI is InChI=1S/C12H18F2N2/c1-3-8(2)16-12(7-15)9-4-5-10(13)11(14)6-9/h4-6,8,12,16H,3,7,15H2,1-2H3. The van der Waals surface area contributed by atoms with Gasteiger partial charge in [0.1, 0.15) is 0 Å². The van der Waals surface area contributed by atoms with Crippen LogP contribution in [0.1, 0.15) is 31.9 Å². The normalized spacial score (nSPS) is 14.8. The van der Waals surface area contributed by atoms with E-state index in [-0.39, 0.29) is 6.04 Å². The van der Waals surface area contributed by atoms with Crippen LogP contribution in [0.5, 0.6) is 0 Å². The van der Waals surface area contributed by atoms with Crippen molar-refractivity contribution in [3.8, 4) is 0 Å². The molecule has 0 saturated carbocycles. The molecule has 2 unspecified atom stereocenters. The second kappa shape index (κ2) is 5.92. The summed E-state index contributed by atoms with van der Waals surface area (Å²) in [7, 11) is 0. The van der Waals surface area contributed by atoms with E-state index in [9.17, 15) is 8.78 Å². The number of nitrogens with two attached hydrogens (primary N) is 1. The number of halogens is 2. The number of hydrogen-bond donors (Lipinski definition) is 2. The Bertz CT molecular complexity index is 342. The summed E-state index contributed by atoms with van der Waals surface area (Å²) in [6, 6.07) is 4.05. The summed E-state index contributed by atoms with van der Waals surface area (Å²) < 4.78 is 25.8. The fourth-order valence-electron chi connectivity index (χ4n) is 1.49. The molecule has 16 heavy (non-hydrogen) atoms. The van der Waals surface area contributed by atoms with Crippen LogP contribution in [0.2, 0.25) is 0 Å². The zero-order valence-corrected chi connectivity index (χ0v) is 9.63. The Morgan fingerprint density at radius 1 is 1.31 bits per heavy atom. The van der Waals surface area contributed by atoms with Gasteiger partial charge in [0.15, 0.2) is 11.6 Å². The predicted molar refractivity (Wildman–Crippen MR) is 61.0 cm³/mol. The molecule has 2 nitrogen and oxygen atoms in total. The quantitative estimate of drug-likeness (QED) is 0.812. The first-order valence-corrected chi connectivity index (χ1v) is 5.49. The molecule has 4 heteroatoms. The van der Waals surface area contributed by atoms with E-state index in [1.807, 2.05) is 6.92 Å². The predicted octanol–water partition coefficient (Wildman–Crippen LogP) is 2.35. The molecule has 0 amide bonds. The van der Waals surface area contributed by atoms with E-state index < -0.39 is 11.6 Å². The van der Waals surface area contributed by atoms with E-state index in [0.29, 0.717) is 18.2 Å². The molecule has 0 aromatic heterocycles. The summed E-state index contributed by atoms with van der Waals surface area (Å²) in [6.45, 7) is 4.44. The zero-order chi connectivity index (χ0) is 12.1. The van der Waals surface area contributed by atoms with Gasteiger partial charge in [-0.15, -0.1) is 0 Å². The van der Waals surface area contributed by atoms with Gasteiger partial charge in [0.25, 0.3) is 0 Å². The molecule has 90 valence electrons. The van der Waals surface area contributed by atoms with Crippen LogP contribution in [-0.4, -0.2) is 12.6 Å². The lowest BCUT2D eigenvalue weighted by atomic mass is 10.1. The summed E-state index contributed by atoms with van der Waals surface area (Å²) in [5, 5.41) is 3.27. The SMILES string of the molecule is CCC(C)NC(CN)c1ccc(F)c(F)c1. The fraction of sp³-hybridized carbons (Fsp3) is 0.500. The lowest BCUT2D eigenvalue weighted by Gasteiger charge is -2.21. The summed E-state index contributed by atoms with van der Waals surface area (Å²) in [5.41, 5.74) is 6.30. The third kappa shape index (κ3) is 3.25. The molecule has 0 fully saturated rings. The molecule has 0 aliphatic rings. The van der Waals surface area contributed by atoms with Gasteiger partial charge in [0.2, 0.25) is 0 Å². The number of hydrogen-bond acceptors (Lipinski definition) is 2. The van der Waals surface area contributed by atoms with E-state index in [1.54, 1.807) is 6.07 Å². The minimum Gasteiger partial charge on any atom is -0.329 e. The first-order valence-electron chi connectivity index (χ1n) is 5.49. The van der Waals surface area contributed by atoms with Gasteiger partial charge >= 0.3 is 0 Å². The highest BCUT2D eigenvalue weighted by atomic mass is 19.2. The molecule has 0 aliphatic carbocycles. The molecular formula is C12H18F2N2. The van der Waals surface area contributed by atoms with Gasteiger partial charge in [-0.05, 0) is 31.0 Å². The molecule has 1 rings (SSSR count). The van der Waals surface area contributed by atoms with Crippen LogP contribution < -0.4 is 11.1 Å². The second-order valence-corrected chi connectivity index (χ2v) is 3.94. The Morgan fingerprint density at radius 3 is 2.50 bits per heavy atom. The van der Waals surface area contributed by atoms with Gasteiger partial charge in [0.05, 0.1) is 0 Å². The Kier molecular flexibility index (Phi) is 4.83. The molecular weight excluding hydrogens is 210 g/mol. The largest absolute Gasteiger partial charge is 0.329 e. The van der Waals surface area contributed by atoms with Gasteiger partial charge in [-0.2, -0.15) is 0 Å². The van der Waals surface area contributed by atoms with Crippen molar-refractivity contribution in [3.05, 3.63) is 35.4 Å². The van der Waals surface area contributed by atoms with Crippen LogP contribution in [0.25, 0.3) is 0 Å². The Hall–Kier alpha value is -1.00. The zero-order valence-electron chi connectivity index (χ0n) is 9.63. The Balaban J connectivity index is 2.82. The van der Waals surface area contributed by atoms with Crippen molar-refractivity contribution in [1.82, 2.24) is 5.32 Å². The van der Waals surface area contributed by atoms with E-state index in [4.69, 9.17) is 5.73 Å². The first kappa shape index (κ1) is 13.1. The Morgan fingerprint density at radius 2 is 2.00 bits per heavy atom. The molecule has 3 N–H and O–H groups in total. The molecule has 0 saturated heterocycles. The van der Waals surface area contributed by atoms with Crippen molar-refractivity contribution in [3.63, 3.8) is 0 Å². The lowest BCUT2D eigenvalue weighted by Crippen LogP contribution is -2.34. The Labute approximate surface area is 94.8 Å². The van der Waals surface area contributed by atoms with Crippen molar-refractivity contribution < 1.29 is 8.78 Å². The van der Waals surface area contributed by atoms with Crippen molar-refractivity contribution in [2.24, 2.45) is 5.73 Å². The van der Waals surface area contributed by atoms with E-state index in [0.717, 1.165) is 12.5 Å². The van der Waals surface area contributed by atoms with Crippen LogP contribution in [0.4, 0.5) is 8.78 Å². The number of nitrogens with one attached hydrogen (secondary N) is 1. The van der Waals surface area contributed by atoms with Crippen molar-refractivity contribution in [2.45, 2.75) is 32.4 Å². The maximum Gasteiger partial charge on any atom is 0.159 e. The number of benzene rings is 1. The summed E-state index contributed by atoms with van der Waals surface area (Å²) in [4.78, 5) is 0. The average Bonchev–Trinajstić information content (AvgIpc) is 2.29. The summed E-state index contributed by atoms with van der Waals surface area (Å²) >= 11 is 0. The highest BCUT2D eigenvalue weighted by Crippen LogP contribution is 2.16. The van der Waals surface area contributed by atoms with E-state index in [1.165, 1.54) is 6.07 Å². The van der Waals surface area contributed by atoms with Crippen LogP contribution in [0, 0.1) is 11.6 Å². The highest BCUT2D eigenvalue weighted by molar-refractivity contribution is 5.21. The molecule has 2 atom stereocenters. The summed E-state index contributed by atoms with van der Waals surface area (Å²) in [6.07, 6.45) is 0.959. The first-order chi connectivity index (χ1) is 7.58. The summed E-state index contributed by atoms with van der Waals surface area (Å²) in [5.74, 6) is -1.66. The van der Waals surface area contributed by atoms with Crippen molar-refractivity contribution >= 4 is 0 Å². The van der Waals surface area contributed by atoms with E-state index >= 15 is 0 Å². The lowest BCUT2D eigenvalue weighted by molar-refractivity contribution is 0.446. The molecule has 0 spiro atoms. The molecule has 0 aliphatic heterocycles. The smallest absolute Gasteiger partial charge is 0.159 e. The minimum absolute atomic E-state index is 0.134. The third-order valence-electron chi connectivity index (χ3n) is 2.68. The van der Waals surface area contributed by atoms with Gasteiger partial charge in [-0.1, -0.05) is 13.0 Å². The molecule has 1 aromatic rings. The van der Waals surface area contributed by atoms with Crippen molar-refractivity contribution in [2.75, 3.05) is 6.54 Å². The molecule has 1 aromatic carbocycles. The maximum absolute atomic E-state index is 13.1. The van der Waals surface area contributed by atoms with Crippen LogP contribution in [-0.2, 0) is 0 Å². The van der Waals surface area contributed by atoms with Crippen molar-refractivity contribution in [1.29, 1.82) is 0 Å². The van der Waals surface area contributed by atoms with Gasteiger partial charge in [-0.25, -0.2) is 8.78 Å². The van der Waals surface area contributed by atoms with Gasteiger partial charge in [-0.3, -0.25) is 0 Å². The minimum atomic E-state index is -0.832. The van der Waals surface area contributed by atoms with Gasteiger partial charge in [0, 0.05) is 18.6 Å². The van der Waals surface area contributed by atoms with Crippen LogP contribution in [0.3, 0.4) is 0 Å². The average molecular weight is 228 g/mol. The monoisotopic (exact) mass is 228 g/mol. The molecule has 0 radical (unpaired) electrons.